The van der Waals surface area contributed by atoms with Crippen molar-refractivity contribution in [1.29, 1.82) is 0 Å². The summed E-state index contributed by atoms with van der Waals surface area (Å²) >= 11 is 0. The van der Waals surface area contributed by atoms with E-state index < -0.39 is 17.5 Å². The summed E-state index contributed by atoms with van der Waals surface area (Å²) in [7, 11) is 1.55. The standard InChI is InChI=1S/C28H23N5O4/c1-37-22-10-8-19-15-33(25(34)23(19)13-22)16-28(26(35)31-27(36)32-28)21-6-2-4-17(7-9-21)20-12-18-5-3-11-29-24(18)30-14-20/h2-3,5-14H,4,15-16H2,1H3,(H2,31,32,35,36)/t28-/m1/s1. The van der Waals surface area contributed by atoms with Crippen LogP contribution in [0.5, 0.6) is 5.75 Å². The van der Waals surface area contributed by atoms with E-state index in [0.717, 1.165) is 22.1 Å². The molecule has 0 saturated carbocycles. The van der Waals surface area contributed by atoms with Crippen molar-refractivity contribution in [2.45, 2.75) is 18.5 Å². The lowest BCUT2D eigenvalue weighted by Gasteiger charge is -2.32. The molecule has 1 aromatic carbocycles. The van der Waals surface area contributed by atoms with Gasteiger partial charge in [0.1, 0.15) is 5.75 Å². The van der Waals surface area contributed by atoms with Crippen LogP contribution < -0.4 is 15.4 Å². The van der Waals surface area contributed by atoms with E-state index >= 15 is 0 Å². The first-order valence-corrected chi connectivity index (χ1v) is 11.9. The van der Waals surface area contributed by atoms with E-state index in [2.05, 4.69) is 20.6 Å². The van der Waals surface area contributed by atoms with Gasteiger partial charge >= 0.3 is 6.03 Å². The van der Waals surface area contributed by atoms with Gasteiger partial charge < -0.3 is 15.0 Å². The molecule has 2 aromatic heterocycles. The number of nitrogens with one attached hydrogen (secondary N) is 2. The first-order valence-electron chi connectivity index (χ1n) is 11.9. The molecule has 0 unspecified atom stereocenters. The Morgan fingerprint density at radius 3 is 2.81 bits per heavy atom. The molecule has 0 radical (unpaired) electrons. The molecule has 4 heterocycles. The van der Waals surface area contributed by atoms with Gasteiger partial charge in [-0.15, -0.1) is 0 Å². The van der Waals surface area contributed by atoms with Crippen molar-refractivity contribution in [1.82, 2.24) is 25.5 Å². The van der Waals surface area contributed by atoms with Gasteiger partial charge in [-0.05, 0) is 59.0 Å². The lowest BCUT2D eigenvalue weighted by atomic mass is 9.88. The zero-order chi connectivity index (χ0) is 25.6. The molecule has 1 saturated heterocycles. The number of allylic oxidation sites excluding steroid dienone is 4. The van der Waals surface area contributed by atoms with E-state index in [1.807, 2.05) is 48.6 Å². The highest BCUT2D eigenvalue weighted by atomic mass is 16.5. The van der Waals surface area contributed by atoms with E-state index in [1.165, 1.54) is 0 Å². The van der Waals surface area contributed by atoms with Crippen molar-refractivity contribution >= 4 is 34.5 Å². The molecule has 0 spiro atoms. The van der Waals surface area contributed by atoms with Gasteiger partial charge in [-0.3, -0.25) is 14.9 Å². The molecule has 6 rings (SSSR count). The maximum absolute atomic E-state index is 13.2. The average Bonchev–Trinajstić information content (AvgIpc) is 3.23. The number of hydrogen-bond acceptors (Lipinski definition) is 6. The van der Waals surface area contributed by atoms with Gasteiger partial charge in [0, 0.05) is 29.9 Å². The second-order valence-corrected chi connectivity index (χ2v) is 9.19. The quantitative estimate of drug-likeness (QED) is 0.528. The number of carbonyl (C=O) groups excluding carboxylic acids is 3. The number of ether oxygens (including phenoxy) is 1. The number of hydrogen-bond donors (Lipinski definition) is 2. The molecule has 9 nitrogen and oxygen atoms in total. The van der Waals surface area contributed by atoms with Gasteiger partial charge in [0.2, 0.25) is 0 Å². The van der Waals surface area contributed by atoms with Crippen LogP contribution in [0, 0.1) is 0 Å². The number of pyridine rings is 2. The summed E-state index contributed by atoms with van der Waals surface area (Å²) in [6.07, 6.45) is 11.6. The number of rotatable bonds is 5. The Labute approximate surface area is 212 Å². The fourth-order valence-corrected chi connectivity index (χ4v) is 5.05. The molecule has 184 valence electrons. The zero-order valence-corrected chi connectivity index (χ0v) is 20.0. The number of nitrogens with zero attached hydrogens (tertiary/aromatic N) is 3. The van der Waals surface area contributed by atoms with Crippen molar-refractivity contribution in [2.24, 2.45) is 0 Å². The second-order valence-electron chi connectivity index (χ2n) is 9.19. The molecular formula is C28H23N5O4. The van der Waals surface area contributed by atoms with Gasteiger partial charge in [-0.2, -0.15) is 0 Å². The number of methoxy groups -OCH3 is 1. The summed E-state index contributed by atoms with van der Waals surface area (Å²) in [6, 6.07) is 10.6. The van der Waals surface area contributed by atoms with Crippen LogP contribution in [-0.2, 0) is 11.3 Å². The Balaban J connectivity index is 1.34. The third-order valence-electron chi connectivity index (χ3n) is 6.98. The monoisotopic (exact) mass is 493 g/mol. The molecule has 0 bridgehead atoms. The number of benzene rings is 1. The molecule has 1 aliphatic carbocycles. The summed E-state index contributed by atoms with van der Waals surface area (Å²) in [4.78, 5) is 49.1. The van der Waals surface area contributed by atoms with E-state index in [0.29, 0.717) is 35.5 Å². The Hall–Kier alpha value is -4.79. The van der Waals surface area contributed by atoms with Gasteiger partial charge in [-0.25, -0.2) is 14.8 Å². The van der Waals surface area contributed by atoms with Crippen LogP contribution in [-0.4, -0.2) is 51.9 Å². The topological polar surface area (TPSA) is 114 Å². The summed E-state index contributed by atoms with van der Waals surface area (Å²) in [5, 5.41) is 6.09. The Morgan fingerprint density at radius 1 is 1.11 bits per heavy atom. The number of amides is 4. The lowest BCUT2D eigenvalue weighted by Crippen LogP contribution is -2.56. The van der Waals surface area contributed by atoms with Crippen LogP contribution in [0.1, 0.15) is 27.9 Å². The minimum absolute atomic E-state index is 0.0110. The van der Waals surface area contributed by atoms with Crippen LogP contribution in [0.3, 0.4) is 0 Å². The van der Waals surface area contributed by atoms with Crippen LogP contribution in [0.25, 0.3) is 16.6 Å². The summed E-state index contributed by atoms with van der Waals surface area (Å²) in [5.74, 6) is -0.126. The van der Waals surface area contributed by atoms with Crippen molar-refractivity contribution in [3.8, 4) is 5.75 Å². The van der Waals surface area contributed by atoms with E-state index in [1.54, 1.807) is 36.5 Å². The Kier molecular flexibility index (Phi) is 5.33. The van der Waals surface area contributed by atoms with Crippen LogP contribution in [0.2, 0.25) is 0 Å². The highest BCUT2D eigenvalue weighted by Crippen LogP contribution is 2.33. The molecule has 4 amide bonds. The molecule has 37 heavy (non-hydrogen) atoms. The first kappa shape index (κ1) is 22.7. The minimum Gasteiger partial charge on any atom is -0.497 e. The molecular weight excluding hydrogens is 470 g/mol. The molecule has 3 aliphatic rings. The highest BCUT2D eigenvalue weighted by Gasteiger charge is 2.51. The smallest absolute Gasteiger partial charge is 0.322 e. The zero-order valence-electron chi connectivity index (χ0n) is 20.0. The summed E-state index contributed by atoms with van der Waals surface area (Å²) < 4.78 is 5.26. The molecule has 2 aliphatic heterocycles. The van der Waals surface area contributed by atoms with Crippen LogP contribution in [0.4, 0.5) is 4.79 Å². The van der Waals surface area contributed by atoms with Gasteiger partial charge in [0.05, 0.1) is 13.7 Å². The van der Waals surface area contributed by atoms with Crippen molar-refractivity contribution in [3.63, 3.8) is 0 Å². The SMILES string of the molecule is COc1ccc2c(c1)C(=O)N(C[C@]1(C3=CC=C(c4cnc5ncccc5c4)CC=C3)NC(=O)NC1=O)C2. The largest absolute Gasteiger partial charge is 0.497 e. The summed E-state index contributed by atoms with van der Waals surface area (Å²) in [6.45, 7) is 0.320. The second kappa shape index (κ2) is 8.70. The van der Waals surface area contributed by atoms with E-state index in [-0.39, 0.29) is 12.5 Å². The fourth-order valence-electron chi connectivity index (χ4n) is 5.05. The molecule has 1 fully saturated rings. The number of carbonyl (C=O) groups is 3. The first-order chi connectivity index (χ1) is 18.0. The number of fused-ring (bicyclic) bond motifs is 2. The minimum atomic E-state index is -1.42. The van der Waals surface area contributed by atoms with Gasteiger partial charge in [0.15, 0.2) is 11.2 Å². The Morgan fingerprint density at radius 2 is 2.00 bits per heavy atom. The molecule has 9 heteroatoms. The van der Waals surface area contributed by atoms with Gasteiger partial charge in [0.25, 0.3) is 11.8 Å². The highest BCUT2D eigenvalue weighted by molar-refractivity contribution is 6.10. The number of urea groups is 1. The average molecular weight is 494 g/mol. The molecule has 2 N–H and O–H groups in total. The van der Waals surface area contributed by atoms with Crippen LogP contribution in [0.15, 0.2) is 78.7 Å². The van der Waals surface area contributed by atoms with E-state index in [4.69, 9.17) is 4.74 Å². The predicted octanol–water partition coefficient (Wildman–Crippen LogP) is 3.14. The fraction of sp³-hybridized carbons (Fsp3) is 0.179. The molecule has 1 atom stereocenters. The van der Waals surface area contributed by atoms with Crippen LogP contribution >= 0.6 is 0 Å². The van der Waals surface area contributed by atoms with Crippen molar-refractivity contribution in [2.75, 3.05) is 13.7 Å². The number of imide groups is 1. The number of aromatic nitrogens is 2. The normalized spacial score (nSPS) is 20.8. The molecule has 3 aromatic rings. The maximum Gasteiger partial charge on any atom is 0.322 e. The Bertz CT molecular complexity index is 1570. The maximum atomic E-state index is 13.2. The third-order valence-corrected chi connectivity index (χ3v) is 6.98. The predicted molar refractivity (Wildman–Crippen MR) is 136 cm³/mol. The summed E-state index contributed by atoms with van der Waals surface area (Å²) in [5.41, 5.74) is 3.15. The van der Waals surface area contributed by atoms with Crippen molar-refractivity contribution in [3.05, 3.63) is 95.4 Å². The third kappa shape index (κ3) is 3.85. The van der Waals surface area contributed by atoms with Gasteiger partial charge in [-0.1, -0.05) is 30.4 Å². The lowest BCUT2D eigenvalue weighted by molar-refractivity contribution is -0.123. The van der Waals surface area contributed by atoms with E-state index in [9.17, 15) is 14.4 Å². The van der Waals surface area contributed by atoms with Crippen molar-refractivity contribution < 1.29 is 19.1 Å².